The molecule has 0 bridgehead atoms. The van der Waals surface area contributed by atoms with Crippen molar-refractivity contribution in [1.82, 2.24) is 0 Å². The van der Waals surface area contributed by atoms with Crippen molar-refractivity contribution in [2.45, 2.75) is 39.5 Å². The summed E-state index contributed by atoms with van der Waals surface area (Å²) in [6, 6.07) is 0. The Morgan fingerprint density at radius 3 is 2.45 bits per heavy atom. The molecule has 0 aromatic rings. The van der Waals surface area contributed by atoms with Crippen molar-refractivity contribution in [3.05, 3.63) is 0 Å². The van der Waals surface area contributed by atoms with Crippen LogP contribution in [0.25, 0.3) is 0 Å². The van der Waals surface area contributed by atoms with Crippen molar-refractivity contribution >= 4 is 0 Å². The molecule has 0 N–H and O–H groups in total. The number of unbranched alkanes of at least 4 members (excludes halogenated alkanes) is 1. The van der Waals surface area contributed by atoms with Crippen LogP contribution in [0.4, 0.5) is 0 Å². The predicted octanol–water partition coefficient (Wildman–Crippen LogP) is 2.84. The first-order chi connectivity index (χ1) is 5.35. The normalized spacial score (nSPS) is 11.0. The molecule has 0 aliphatic rings. The van der Waals surface area contributed by atoms with Crippen molar-refractivity contribution in [2.75, 3.05) is 0 Å². The van der Waals surface area contributed by atoms with Crippen LogP contribution in [0.5, 0.6) is 0 Å². The molecule has 0 radical (unpaired) electrons. The van der Waals surface area contributed by atoms with Crippen molar-refractivity contribution in [1.29, 1.82) is 0 Å². The summed E-state index contributed by atoms with van der Waals surface area (Å²) in [7, 11) is 0. The molecule has 0 rings (SSSR count). The van der Waals surface area contributed by atoms with E-state index in [9.17, 15) is 0 Å². The SMILES string of the molecule is C#CC(C#CCCC)CCC. The second-order valence-corrected chi connectivity index (χ2v) is 2.58. The summed E-state index contributed by atoms with van der Waals surface area (Å²) in [5.74, 6) is 9.04. The molecule has 0 aromatic carbocycles. The van der Waals surface area contributed by atoms with E-state index in [2.05, 4.69) is 31.6 Å². The molecule has 1 atom stereocenters. The van der Waals surface area contributed by atoms with Gasteiger partial charge in [0.15, 0.2) is 0 Å². The number of hydrogen-bond acceptors (Lipinski definition) is 0. The molecule has 0 saturated heterocycles. The third-order valence-electron chi connectivity index (χ3n) is 1.43. The van der Waals surface area contributed by atoms with E-state index in [0.717, 1.165) is 25.7 Å². The quantitative estimate of drug-likeness (QED) is 0.540. The van der Waals surface area contributed by atoms with Crippen LogP contribution in [-0.2, 0) is 0 Å². The van der Waals surface area contributed by atoms with Crippen molar-refractivity contribution in [3.63, 3.8) is 0 Å². The van der Waals surface area contributed by atoms with E-state index in [-0.39, 0.29) is 5.92 Å². The molecule has 0 spiro atoms. The van der Waals surface area contributed by atoms with E-state index in [1.165, 1.54) is 0 Å². The van der Waals surface area contributed by atoms with Crippen LogP contribution in [-0.4, -0.2) is 0 Å². The molecular weight excluding hydrogens is 132 g/mol. The maximum Gasteiger partial charge on any atom is 0.0808 e. The third kappa shape index (κ3) is 5.56. The molecule has 60 valence electrons. The molecule has 0 aliphatic heterocycles. The first-order valence-corrected chi connectivity index (χ1v) is 4.29. The van der Waals surface area contributed by atoms with Gasteiger partial charge in [-0.25, -0.2) is 0 Å². The Bertz CT molecular complexity index is 172. The first-order valence-electron chi connectivity index (χ1n) is 4.29. The van der Waals surface area contributed by atoms with E-state index in [4.69, 9.17) is 6.42 Å². The highest BCUT2D eigenvalue weighted by Crippen LogP contribution is 2.02. The summed E-state index contributed by atoms with van der Waals surface area (Å²) in [6.45, 7) is 4.26. The Morgan fingerprint density at radius 2 is 2.00 bits per heavy atom. The Morgan fingerprint density at radius 1 is 1.27 bits per heavy atom. The lowest BCUT2D eigenvalue weighted by molar-refractivity contribution is 0.726. The monoisotopic (exact) mass is 148 g/mol. The predicted molar refractivity (Wildman–Crippen MR) is 49.9 cm³/mol. The van der Waals surface area contributed by atoms with Gasteiger partial charge in [0.05, 0.1) is 5.92 Å². The number of hydrogen-bond donors (Lipinski definition) is 0. The lowest BCUT2D eigenvalue weighted by Gasteiger charge is -1.97. The number of terminal acetylenes is 1. The van der Waals surface area contributed by atoms with Gasteiger partial charge in [-0.15, -0.1) is 12.3 Å². The molecule has 11 heavy (non-hydrogen) atoms. The zero-order valence-electron chi connectivity index (χ0n) is 7.48. The van der Waals surface area contributed by atoms with Crippen LogP contribution in [0.1, 0.15) is 39.5 Å². The molecule has 1 unspecified atom stereocenters. The van der Waals surface area contributed by atoms with Crippen molar-refractivity contribution in [2.24, 2.45) is 5.92 Å². The maximum absolute atomic E-state index is 5.29. The first kappa shape index (κ1) is 10.1. The highest BCUT2D eigenvalue weighted by Gasteiger charge is 1.95. The van der Waals surface area contributed by atoms with Gasteiger partial charge in [-0.1, -0.05) is 32.1 Å². The van der Waals surface area contributed by atoms with Gasteiger partial charge in [0.25, 0.3) is 0 Å². The third-order valence-corrected chi connectivity index (χ3v) is 1.43. The minimum atomic E-state index is 0.187. The van der Waals surface area contributed by atoms with E-state index < -0.39 is 0 Å². The summed E-state index contributed by atoms with van der Waals surface area (Å²) in [5.41, 5.74) is 0. The number of rotatable bonds is 3. The zero-order valence-corrected chi connectivity index (χ0v) is 7.48. The van der Waals surface area contributed by atoms with Crippen LogP contribution in [0.15, 0.2) is 0 Å². The van der Waals surface area contributed by atoms with Crippen LogP contribution >= 0.6 is 0 Å². The highest BCUT2D eigenvalue weighted by molar-refractivity contribution is 5.14. The van der Waals surface area contributed by atoms with Crippen molar-refractivity contribution in [3.8, 4) is 24.2 Å². The minimum absolute atomic E-state index is 0.187. The van der Waals surface area contributed by atoms with Gasteiger partial charge >= 0.3 is 0 Å². The largest absolute Gasteiger partial charge is 0.119 e. The Kier molecular flexibility index (Phi) is 6.65. The fourth-order valence-corrected chi connectivity index (χ4v) is 0.806. The average molecular weight is 148 g/mol. The van der Waals surface area contributed by atoms with Gasteiger partial charge in [0.2, 0.25) is 0 Å². The summed E-state index contributed by atoms with van der Waals surface area (Å²) < 4.78 is 0. The molecule has 0 aromatic heterocycles. The van der Waals surface area contributed by atoms with E-state index in [1.54, 1.807) is 0 Å². The van der Waals surface area contributed by atoms with E-state index in [0.29, 0.717) is 0 Å². The maximum atomic E-state index is 5.29. The fourth-order valence-electron chi connectivity index (χ4n) is 0.806. The second kappa shape index (κ2) is 7.23. The molecule has 0 heteroatoms. The van der Waals surface area contributed by atoms with Crippen molar-refractivity contribution < 1.29 is 0 Å². The van der Waals surface area contributed by atoms with Gasteiger partial charge < -0.3 is 0 Å². The van der Waals surface area contributed by atoms with Crippen LogP contribution in [0.2, 0.25) is 0 Å². The summed E-state index contributed by atoms with van der Waals surface area (Å²) >= 11 is 0. The minimum Gasteiger partial charge on any atom is -0.119 e. The summed E-state index contributed by atoms with van der Waals surface area (Å²) in [6.07, 6.45) is 9.54. The standard InChI is InChI=1S/C11H16/c1-4-7-8-10-11(6-3)9-5-2/h3,11H,4-5,7,9H2,1-2H3. The lowest BCUT2D eigenvalue weighted by atomic mass is 10.1. The molecule has 0 amide bonds. The smallest absolute Gasteiger partial charge is 0.0808 e. The zero-order chi connectivity index (χ0) is 8.53. The lowest BCUT2D eigenvalue weighted by Crippen LogP contribution is -1.90. The average Bonchev–Trinajstić information content (AvgIpc) is 2.03. The molecule has 0 heterocycles. The van der Waals surface area contributed by atoms with Crippen LogP contribution < -0.4 is 0 Å². The molecule has 0 nitrogen and oxygen atoms in total. The Balaban J connectivity index is 3.72. The van der Waals surface area contributed by atoms with Gasteiger partial charge in [-0.05, 0) is 12.8 Å². The molecule has 0 fully saturated rings. The summed E-state index contributed by atoms with van der Waals surface area (Å²) in [5, 5.41) is 0. The van der Waals surface area contributed by atoms with Gasteiger partial charge in [-0.2, -0.15) is 0 Å². The molecule has 0 aliphatic carbocycles. The van der Waals surface area contributed by atoms with Gasteiger partial charge in [-0.3, -0.25) is 0 Å². The topological polar surface area (TPSA) is 0 Å². The molecular formula is C11H16. The second-order valence-electron chi connectivity index (χ2n) is 2.58. The van der Waals surface area contributed by atoms with E-state index in [1.807, 2.05) is 0 Å². The fraction of sp³-hybridized carbons (Fsp3) is 0.636. The van der Waals surface area contributed by atoms with Gasteiger partial charge in [0, 0.05) is 6.42 Å². The Hall–Kier alpha value is -0.880. The summed E-state index contributed by atoms with van der Waals surface area (Å²) in [4.78, 5) is 0. The van der Waals surface area contributed by atoms with E-state index >= 15 is 0 Å². The molecule has 0 saturated carbocycles. The highest BCUT2D eigenvalue weighted by atomic mass is 14.0. The van der Waals surface area contributed by atoms with Crippen LogP contribution in [0, 0.1) is 30.1 Å². The van der Waals surface area contributed by atoms with Crippen LogP contribution in [0.3, 0.4) is 0 Å². The van der Waals surface area contributed by atoms with Gasteiger partial charge in [0.1, 0.15) is 0 Å². The Labute approximate surface area is 70.4 Å².